The summed E-state index contributed by atoms with van der Waals surface area (Å²) in [6.45, 7) is 3.58. The van der Waals surface area contributed by atoms with E-state index in [4.69, 9.17) is 4.74 Å². The number of ether oxygens (including phenoxy) is 1. The summed E-state index contributed by atoms with van der Waals surface area (Å²) < 4.78 is 5.12. The zero-order chi connectivity index (χ0) is 12.7. The zero-order valence-electron chi connectivity index (χ0n) is 10.6. The number of rotatable bonds is 5. The third kappa shape index (κ3) is 4.59. The van der Waals surface area contributed by atoms with Gasteiger partial charge in [0.15, 0.2) is 0 Å². The first-order chi connectivity index (χ1) is 8.15. The molecule has 1 aliphatic carbocycles. The fourth-order valence-electron chi connectivity index (χ4n) is 2.20. The number of allylic oxidation sites excluding steroid dienone is 1. The third-order valence-electron chi connectivity index (χ3n) is 3.04. The molecule has 17 heavy (non-hydrogen) atoms. The van der Waals surface area contributed by atoms with Crippen molar-refractivity contribution >= 4 is 11.9 Å². The van der Waals surface area contributed by atoms with Gasteiger partial charge in [-0.05, 0) is 25.7 Å². The van der Waals surface area contributed by atoms with Crippen molar-refractivity contribution in [3.8, 4) is 0 Å². The van der Waals surface area contributed by atoms with Crippen LogP contribution in [0.25, 0.3) is 0 Å². The maximum Gasteiger partial charge on any atom is 0.329 e. The predicted octanol–water partition coefficient (Wildman–Crippen LogP) is 1.80. The summed E-state index contributed by atoms with van der Waals surface area (Å²) in [5.74, 6) is -0.257. The Balaban J connectivity index is 2.54. The molecule has 0 bridgehead atoms. The number of hydrogen-bond acceptors (Lipinski definition) is 3. The topological polar surface area (TPSA) is 55.4 Å². The van der Waals surface area contributed by atoms with Gasteiger partial charge in [0, 0.05) is 6.92 Å². The fraction of sp³-hybridized carbons (Fsp3) is 0.692. The lowest BCUT2D eigenvalue weighted by atomic mass is 9.98. The molecule has 0 heterocycles. The molecular weight excluding hydrogens is 218 g/mol. The van der Waals surface area contributed by atoms with E-state index in [1.165, 1.54) is 6.92 Å². The van der Waals surface area contributed by atoms with E-state index >= 15 is 0 Å². The standard InChI is InChI=1S/C13H21NO3/c1-3-4-9-17-13(16)12(14-10(2)15)11-7-5-6-8-11/h3-4,11-12H,5-9H2,1-2H3,(H,14,15)/b4-3+. The minimum atomic E-state index is -0.472. The van der Waals surface area contributed by atoms with Crippen LogP contribution < -0.4 is 5.32 Å². The van der Waals surface area contributed by atoms with Gasteiger partial charge in [-0.25, -0.2) is 4.79 Å². The van der Waals surface area contributed by atoms with Crippen molar-refractivity contribution in [2.24, 2.45) is 5.92 Å². The molecule has 1 amide bonds. The summed E-state index contributed by atoms with van der Waals surface area (Å²) >= 11 is 0. The highest BCUT2D eigenvalue weighted by molar-refractivity contribution is 5.83. The van der Waals surface area contributed by atoms with Crippen LogP contribution in [-0.4, -0.2) is 24.5 Å². The SMILES string of the molecule is C/C=C/COC(=O)C(NC(C)=O)C1CCCC1. The van der Waals surface area contributed by atoms with Crippen molar-refractivity contribution in [1.29, 1.82) is 0 Å². The number of esters is 1. The number of nitrogens with one attached hydrogen (secondary N) is 1. The number of amides is 1. The molecule has 4 nitrogen and oxygen atoms in total. The normalized spacial score (nSPS) is 18.2. The van der Waals surface area contributed by atoms with Crippen molar-refractivity contribution in [3.63, 3.8) is 0 Å². The van der Waals surface area contributed by atoms with Crippen molar-refractivity contribution < 1.29 is 14.3 Å². The molecule has 0 radical (unpaired) electrons. The largest absolute Gasteiger partial charge is 0.460 e. The van der Waals surface area contributed by atoms with Crippen LogP contribution in [0.5, 0.6) is 0 Å². The van der Waals surface area contributed by atoms with Gasteiger partial charge in [0.1, 0.15) is 12.6 Å². The Morgan fingerprint density at radius 2 is 2.06 bits per heavy atom. The van der Waals surface area contributed by atoms with Crippen LogP contribution in [0.4, 0.5) is 0 Å². The van der Waals surface area contributed by atoms with E-state index in [1.807, 2.05) is 13.0 Å². The van der Waals surface area contributed by atoms with Gasteiger partial charge in [0.2, 0.25) is 5.91 Å². The van der Waals surface area contributed by atoms with Crippen molar-refractivity contribution in [2.45, 2.75) is 45.6 Å². The second-order valence-corrected chi connectivity index (χ2v) is 4.42. The van der Waals surface area contributed by atoms with Crippen LogP contribution in [0.3, 0.4) is 0 Å². The van der Waals surface area contributed by atoms with Gasteiger partial charge in [-0.1, -0.05) is 25.0 Å². The minimum absolute atomic E-state index is 0.176. The van der Waals surface area contributed by atoms with Crippen LogP contribution >= 0.6 is 0 Å². The zero-order valence-corrected chi connectivity index (χ0v) is 10.6. The Bertz CT molecular complexity index is 293. The number of hydrogen-bond donors (Lipinski definition) is 1. The molecule has 1 N–H and O–H groups in total. The van der Waals surface area contributed by atoms with Crippen molar-refractivity contribution in [2.75, 3.05) is 6.61 Å². The monoisotopic (exact) mass is 239 g/mol. The first-order valence-corrected chi connectivity index (χ1v) is 6.20. The maximum absolute atomic E-state index is 11.9. The predicted molar refractivity (Wildman–Crippen MR) is 65.3 cm³/mol. The summed E-state index contributed by atoms with van der Waals surface area (Å²) in [4.78, 5) is 23.0. The van der Waals surface area contributed by atoms with Crippen LogP contribution in [0.15, 0.2) is 12.2 Å². The maximum atomic E-state index is 11.9. The average molecular weight is 239 g/mol. The number of carbonyl (C=O) groups is 2. The minimum Gasteiger partial charge on any atom is -0.460 e. The molecule has 1 fully saturated rings. The lowest BCUT2D eigenvalue weighted by molar-refractivity contribution is -0.148. The summed E-state index contributed by atoms with van der Waals surface area (Å²) in [7, 11) is 0. The Hall–Kier alpha value is -1.32. The highest BCUT2D eigenvalue weighted by Gasteiger charge is 2.32. The highest BCUT2D eigenvalue weighted by atomic mass is 16.5. The van der Waals surface area contributed by atoms with Gasteiger partial charge < -0.3 is 10.1 Å². The lowest BCUT2D eigenvalue weighted by Crippen LogP contribution is -2.45. The van der Waals surface area contributed by atoms with Gasteiger partial charge in [0.05, 0.1) is 0 Å². The summed E-state index contributed by atoms with van der Waals surface area (Å²) in [6, 6.07) is -0.472. The van der Waals surface area contributed by atoms with Gasteiger partial charge in [-0.3, -0.25) is 4.79 Å². The van der Waals surface area contributed by atoms with Gasteiger partial charge in [0.25, 0.3) is 0 Å². The van der Waals surface area contributed by atoms with E-state index < -0.39 is 6.04 Å². The second kappa shape index (κ2) is 7.09. The van der Waals surface area contributed by atoms with Crippen LogP contribution in [-0.2, 0) is 14.3 Å². The molecule has 0 aromatic rings. The quantitative estimate of drug-likeness (QED) is 0.588. The van der Waals surface area contributed by atoms with Gasteiger partial charge >= 0.3 is 5.97 Å². The molecule has 1 unspecified atom stereocenters. The first kappa shape index (κ1) is 13.7. The second-order valence-electron chi connectivity index (χ2n) is 4.42. The molecule has 1 atom stereocenters. The summed E-state index contributed by atoms with van der Waals surface area (Å²) in [5.41, 5.74) is 0. The van der Waals surface area contributed by atoms with Crippen molar-refractivity contribution in [1.82, 2.24) is 5.32 Å². The van der Waals surface area contributed by atoms with Gasteiger partial charge in [-0.2, -0.15) is 0 Å². The lowest BCUT2D eigenvalue weighted by Gasteiger charge is -2.22. The third-order valence-corrected chi connectivity index (χ3v) is 3.04. The van der Waals surface area contributed by atoms with E-state index in [2.05, 4.69) is 5.32 Å². The molecule has 0 aliphatic heterocycles. The molecule has 1 aliphatic rings. The molecule has 1 saturated carbocycles. The van der Waals surface area contributed by atoms with Crippen LogP contribution in [0, 0.1) is 5.92 Å². The molecule has 96 valence electrons. The van der Waals surface area contributed by atoms with Gasteiger partial charge in [-0.15, -0.1) is 0 Å². The Morgan fingerprint density at radius 1 is 1.41 bits per heavy atom. The Kier molecular flexibility index (Phi) is 5.73. The van der Waals surface area contributed by atoms with E-state index in [0.29, 0.717) is 0 Å². The molecule has 0 saturated heterocycles. The van der Waals surface area contributed by atoms with E-state index in [0.717, 1.165) is 25.7 Å². The van der Waals surface area contributed by atoms with E-state index in [9.17, 15) is 9.59 Å². The molecule has 0 aromatic heterocycles. The molecular formula is C13H21NO3. The summed E-state index contributed by atoms with van der Waals surface area (Å²) in [5, 5.41) is 2.71. The van der Waals surface area contributed by atoms with E-state index in [-0.39, 0.29) is 24.4 Å². The first-order valence-electron chi connectivity index (χ1n) is 6.20. The Labute approximate surface area is 102 Å². The van der Waals surface area contributed by atoms with Crippen molar-refractivity contribution in [3.05, 3.63) is 12.2 Å². The molecule has 4 heteroatoms. The van der Waals surface area contributed by atoms with E-state index in [1.54, 1.807) is 6.08 Å². The molecule has 0 spiro atoms. The smallest absolute Gasteiger partial charge is 0.329 e. The summed E-state index contributed by atoms with van der Waals surface area (Å²) in [6.07, 6.45) is 7.84. The van der Waals surface area contributed by atoms with Crippen LogP contribution in [0.2, 0.25) is 0 Å². The molecule has 0 aromatic carbocycles. The number of carbonyl (C=O) groups excluding carboxylic acids is 2. The fourth-order valence-corrected chi connectivity index (χ4v) is 2.20. The average Bonchev–Trinajstić information content (AvgIpc) is 2.79. The molecule has 1 rings (SSSR count). The highest BCUT2D eigenvalue weighted by Crippen LogP contribution is 2.28. The Morgan fingerprint density at radius 3 is 2.59 bits per heavy atom. The van der Waals surface area contributed by atoms with Crippen LogP contribution in [0.1, 0.15) is 39.5 Å².